The van der Waals surface area contributed by atoms with Crippen molar-refractivity contribution in [1.29, 1.82) is 0 Å². The van der Waals surface area contributed by atoms with Gasteiger partial charge in [0.25, 0.3) is 0 Å². The van der Waals surface area contributed by atoms with E-state index in [1.165, 1.54) is 0 Å². The predicted molar refractivity (Wildman–Crippen MR) is 66.0 cm³/mol. The van der Waals surface area contributed by atoms with Crippen LogP contribution in [0.3, 0.4) is 0 Å². The second-order valence-electron chi connectivity index (χ2n) is 4.14. The smallest absolute Gasteiger partial charge is 0.224 e. The van der Waals surface area contributed by atoms with Crippen molar-refractivity contribution in [2.75, 3.05) is 5.32 Å². The first-order chi connectivity index (χ1) is 8.10. The number of hydrogen-bond acceptors (Lipinski definition) is 3. The number of nitrogens with zero attached hydrogens (tertiary/aromatic N) is 3. The summed E-state index contributed by atoms with van der Waals surface area (Å²) in [6.45, 7) is 5.79. The maximum atomic E-state index is 11.5. The molecule has 0 saturated heterocycles. The van der Waals surface area contributed by atoms with Crippen LogP contribution >= 0.6 is 0 Å². The van der Waals surface area contributed by atoms with Crippen LogP contribution in [0.15, 0.2) is 12.3 Å². The summed E-state index contributed by atoms with van der Waals surface area (Å²) >= 11 is 0. The first-order valence-electron chi connectivity index (χ1n) is 5.73. The largest absolute Gasteiger partial charge is 0.325 e. The molecule has 0 fully saturated rings. The number of pyridine rings is 1. The first-order valence-corrected chi connectivity index (χ1v) is 5.73. The minimum atomic E-state index is 0.0306. The molecule has 5 heteroatoms. The third-order valence-corrected chi connectivity index (χ3v) is 2.48. The van der Waals surface area contributed by atoms with Gasteiger partial charge >= 0.3 is 0 Å². The van der Waals surface area contributed by atoms with Gasteiger partial charge in [0.1, 0.15) is 5.82 Å². The molecule has 1 amide bonds. The monoisotopic (exact) mass is 232 g/mol. The van der Waals surface area contributed by atoms with Crippen LogP contribution in [0.5, 0.6) is 0 Å². The van der Waals surface area contributed by atoms with E-state index >= 15 is 0 Å². The quantitative estimate of drug-likeness (QED) is 0.881. The summed E-state index contributed by atoms with van der Waals surface area (Å²) in [6.07, 6.45) is 3.17. The average molecular weight is 232 g/mol. The van der Waals surface area contributed by atoms with E-state index in [1.54, 1.807) is 10.7 Å². The predicted octanol–water partition coefficient (Wildman–Crippen LogP) is 2.08. The van der Waals surface area contributed by atoms with Crippen LogP contribution in [-0.2, 0) is 4.79 Å². The Bertz CT molecular complexity index is 559. The minimum Gasteiger partial charge on any atom is -0.325 e. The van der Waals surface area contributed by atoms with Gasteiger partial charge < -0.3 is 5.32 Å². The Hall–Kier alpha value is -1.91. The highest BCUT2D eigenvalue weighted by Gasteiger charge is 2.07. The molecule has 0 aliphatic rings. The lowest BCUT2D eigenvalue weighted by Crippen LogP contribution is -2.11. The molecule has 2 rings (SSSR count). The SMILES string of the molecule is CCCC(=O)Nc1cc(C)c2nc(C)nn2c1. The van der Waals surface area contributed by atoms with E-state index in [4.69, 9.17) is 0 Å². The van der Waals surface area contributed by atoms with Crippen molar-refractivity contribution < 1.29 is 4.79 Å². The van der Waals surface area contributed by atoms with E-state index in [9.17, 15) is 4.79 Å². The molecule has 17 heavy (non-hydrogen) atoms. The molecule has 1 N–H and O–H groups in total. The Labute approximate surface area is 99.9 Å². The molecule has 0 spiro atoms. The van der Waals surface area contributed by atoms with Crippen molar-refractivity contribution in [2.45, 2.75) is 33.6 Å². The highest BCUT2D eigenvalue weighted by Crippen LogP contribution is 2.15. The summed E-state index contributed by atoms with van der Waals surface area (Å²) in [4.78, 5) is 15.8. The van der Waals surface area contributed by atoms with Crippen LogP contribution in [0.2, 0.25) is 0 Å². The lowest BCUT2D eigenvalue weighted by Gasteiger charge is -2.06. The van der Waals surface area contributed by atoms with Crippen LogP contribution in [0.4, 0.5) is 5.69 Å². The van der Waals surface area contributed by atoms with Gasteiger partial charge in [0.15, 0.2) is 5.65 Å². The highest BCUT2D eigenvalue weighted by molar-refractivity contribution is 5.90. The van der Waals surface area contributed by atoms with Crippen molar-refractivity contribution in [1.82, 2.24) is 14.6 Å². The van der Waals surface area contributed by atoms with Crippen LogP contribution in [-0.4, -0.2) is 20.5 Å². The number of nitrogens with one attached hydrogen (secondary N) is 1. The molecule has 5 nitrogen and oxygen atoms in total. The summed E-state index contributed by atoms with van der Waals surface area (Å²) in [6, 6.07) is 1.91. The molecule has 2 aromatic rings. The maximum absolute atomic E-state index is 11.5. The number of carbonyl (C=O) groups is 1. The fraction of sp³-hybridized carbons (Fsp3) is 0.417. The average Bonchev–Trinajstić information content (AvgIpc) is 2.59. The normalized spacial score (nSPS) is 10.8. The number of aromatic nitrogens is 3. The molecular formula is C12H16N4O. The van der Waals surface area contributed by atoms with Crippen molar-refractivity contribution in [3.05, 3.63) is 23.7 Å². The van der Waals surface area contributed by atoms with Gasteiger partial charge in [-0.15, -0.1) is 0 Å². The fourth-order valence-corrected chi connectivity index (χ4v) is 1.77. The molecule has 0 bridgehead atoms. The van der Waals surface area contributed by atoms with Gasteiger partial charge in [0.05, 0.1) is 11.9 Å². The van der Waals surface area contributed by atoms with E-state index in [0.717, 1.165) is 29.1 Å². The minimum absolute atomic E-state index is 0.0306. The van der Waals surface area contributed by atoms with Gasteiger partial charge in [0, 0.05) is 6.42 Å². The van der Waals surface area contributed by atoms with Crippen molar-refractivity contribution in [3.8, 4) is 0 Å². The van der Waals surface area contributed by atoms with E-state index in [2.05, 4.69) is 15.4 Å². The number of aryl methyl sites for hydroxylation is 2. The molecule has 0 unspecified atom stereocenters. The molecule has 0 saturated carbocycles. The van der Waals surface area contributed by atoms with Crippen molar-refractivity contribution in [2.24, 2.45) is 0 Å². The summed E-state index contributed by atoms with van der Waals surface area (Å²) in [5.74, 6) is 0.758. The molecule has 2 heterocycles. The summed E-state index contributed by atoms with van der Waals surface area (Å²) in [5.41, 5.74) is 2.59. The third kappa shape index (κ3) is 2.43. The van der Waals surface area contributed by atoms with Gasteiger partial charge in [-0.25, -0.2) is 9.50 Å². The zero-order valence-corrected chi connectivity index (χ0v) is 10.3. The van der Waals surface area contributed by atoms with Crippen molar-refractivity contribution in [3.63, 3.8) is 0 Å². The van der Waals surface area contributed by atoms with E-state index < -0.39 is 0 Å². The molecular weight excluding hydrogens is 216 g/mol. The number of fused-ring (bicyclic) bond motifs is 1. The van der Waals surface area contributed by atoms with Crippen LogP contribution < -0.4 is 5.32 Å². The first kappa shape index (κ1) is 11.6. The summed E-state index contributed by atoms with van der Waals surface area (Å²) in [5, 5.41) is 7.10. The van der Waals surface area contributed by atoms with Crippen molar-refractivity contribution >= 4 is 17.2 Å². The molecule has 0 aromatic carbocycles. The highest BCUT2D eigenvalue weighted by atomic mass is 16.1. The second-order valence-corrected chi connectivity index (χ2v) is 4.14. The lowest BCUT2D eigenvalue weighted by atomic mass is 10.2. The molecule has 90 valence electrons. The molecule has 0 aliphatic heterocycles. The number of rotatable bonds is 3. The Morgan fingerprint density at radius 1 is 1.47 bits per heavy atom. The van der Waals surface area contributed by atoms with Gasteiger partial charge in [-0.2, -0.15) is 5.10 Å². The lowest BCUT2D eigenvalue weighted by molar-refractivity contribution is -0.116. The Kier molecular flexibility index (Phi) is 3.08. The number of amides is 1. The molecule has 0 atom stereocenters. The Morgan fingerprint density at radius 2 is 2.24 bits per heavy atom. The number of anilines is 1. The zero-order valence-electron chi connectivity index (χ0n) is 10.3. The topological polar surface area (TPSA) is 59.3 Å². The number of hydrogen-bond donors (Lipinski definition) is 1. The second kappa shape index (κ2) is 4.53. The molecule has 2 aromatic heterocycles. The van der Waals surface area contributed by atoms with E-state index in [1.807, 2.05) is 26.8 Å². The van der Waals surface area contributed by atoms with Gasteiger partial charge in [0.2, 0.25) is 5.91 Å². The van der Waals surface area contributed by atoms with E-state index in [-0.39, 0.29) is 5.91 Å². The van der Waals surface area contributed by atoms with Crippen LogP contribution in [0.25, 0.3) is 5.65 Å². The van der Waals surface area contributed by atoms with Crippen LogP contribution in [0.1, 0.15) is 31.2 Å². The van der Waals surface area contributed by atoms with E-state index in [0.29, 0.717) is 6.42 Å². The summed E-state index contributed by atoms with van der Waals surface area (Å²) < 4.78 is 1.70. The molecule has 0 aliphatic carbocycles. The van der Waals surface area contributed by atoms with Crippen LogP contribution in [0, 0.1) is 13.8 Å². The van der Waals surface area contributed by atoms with Gasteiger partial charge in [-0.05, 0) is 31.9 Å². The van der Waals surface area contributed by atoms with Gasteiger partial charge in [-0.3, -0.25) is 4.79 Å². The summed E-state index contributed by atoms with van der Waals surface area (Å²) in [7, 11) is 0. The fourth-order valence-electron chi connectivity index (χ4n) is 1.77. The van der Waals surface area contributed by atoms with Gasteiger partial charge in [-0.1, -0.05) is 6.92 Å². The number of carbonyl (C=O) groups excluding carboxylic acids is 1. The molecule has 0 radical (unpaired) electrons. The zero-order chi connectivity index (χ0) is 12.4. The Morgan fingerprint density at radius 3 is 2.94 bits per heavy atom. The standard InChI is InChI=1S/C12H16N4O/c1-4-5-11(17)14-10-6-8(2)12-13-9(3)15-16(12)7-10/h6-7H,4-5H2,1-3H3,(H,14,17). The Balaban J connectivity index is 2.33. The maximum Gasteiger partial charge on any atom is 0.224 e. The third-order valence-electron chi connectivity index (χ3n) is 2.48.